The number of ether oxygens (including phenoxy) is 2. The third-order valence-electron chi connectivity index (χ3n) is 2.25. The number of hydrogen-bond acceptors (Lipinski definition) is 3. The average Bonchev–Trinajstić information content (AvgIpc) is 2.24. The molecule has 0 atom stereocenters. The average molecular weight is 282 g/mol. The van der Waals surface area contributed by atoms with Crippen LogP contribution in [0.2, 0.25) is 0 Å². The van der Waals surface area contributed by atoms with Crippen LogP contribution in [0.3, 0.4) is 0 Å². The lowest BCUT2D eigenvalue weighted by Gasteiger charge is -2.06. The molecule has 0 saturated heterocycles. The number of halogens is 3. The van der Waals surface area contributed by atoms with E-state index in [9.17, 15) is 18.0 Å². The molecular formula is C14H9F3O3. The summed E-state index contributed by atoms with van der Waals surface area (Å²) in [4.78, 5) is 11.4. The standard InChI is InChI=1S/C14H9F3O3/c1-8-2-9(15)5-12(3-8)19-14(18)20-13-6-10(16)4-11(17)7-13/h2-7H,1H3. The predicted molar refractivity (Wildman–Crippen MR) is 64.1 cm³/mol. The highest BCUT2D eigenvalue weighted by molar-refractivity contribution is 5.67. The normalized spacial score (nSPS) is 10.2. The molecular weight excluding hydrogens is 273 g/mol. The van der Waals surface area contributed by atoms with Crippen LogP contribution in [-0.2, 0) is 0 Å². The van der Waals surface area contributed by atoms with Gasteiger partial charge in [0.05, 0.1) is 0 Å². The van der Waals surface area contributed by atoms with E-state index in [0.717, 1.165) is 18.2 Å². The molecule has 2 aromatic carbocycles. The molecule has 0 amide bonds. The lowest BCUT2D eigenvalue weighted by atomic mass is 10.2. The first-order valence-electron chi connectivity index (χ1n) is 5.55. The molecule has 0 aliphatic heterocycles. The maximum Gasteiger partial charge on any atom is 0.519 e. The second kappa shape index (κ2) is 5.64. The molecule has 6 heteroatoms. The summed E-state index contributed by atoms with van der Waals surface area (Å²) in [6.45, 7) is 1.61. The molecule has 0 fully saturated rings. The van der Waals surface area contributed by atoms with Crippen molar-refractivity contribution in [1.82, 2.24) is 0 Å². The van der Waals surface area contributed by atoms with E-state index in [1.165, 1.54) is 12.1 Å². The predicted octanol–water partition coefficient (Wildman–Crippen LogP) is 3.99. The zero-order chi connectivity index (χ0) is 14.7. The molecule has 104 valence electrons. The Hall–Kier alpha value is -2.50. The summed E-state index contributed by atoms with van der Waals surface area (Å²) in [7, 11) is 0. The number of hydrogen-bond donors (Lipinski definition) is 0. The van der Waals surface area contributed by atoms with E-state index in [1.54, 1.807) is 6.92 Å². The molecule has 0 unspecified atom stereocenters. The van der Waals surface area contributed by atoms with Gasteiger partial charge in [-0.05, 0) is 24.6 Å². The Bertz CT molecular complexity index is 560. The summed E-state index contributed by atoms with van der Waals surface area (Å²) in [5.41, 5.74) is 0.546. The Kier molecular flexibility index (Phi) is 3.93. The molecule has 20 heavy (non-hydrogen) atoms. The summed E-state index contributed by atoms with van der Waals surface area (Å²) in [6, 6.07) is 5.92. The van der Waals surface area contributed by atoms with Gasteiger partial charge in [0.25, 0.3) is 0 Å². The summed E-state index contributed by atoms with van der Waals surface area (Å²) >= 11 is 0. The van der Waals surface area contributed by atoms with Crippen LogP contribution in [0.1, 0.15) is 5.56 Å². The van der Waals surface area contributed by atoms with Crippen molar-refractivity contribution in [1.29, 1.82) is 0 Å². The molecule has 0 saturated carbocycles. The highest BCUT2D eigenvalue weighted by atomic mass is 19.1. The van der Waals surface area contributed by atoms with Crippen molar-refractivity contribution in [3.8, 4) is 11.5 Å². The molecule has 0 N–H and O–H groups in total. The molecule has 2 aromatic rings. The van der Waals surface area contributed by atoms with Crippen LogP contribution in [0.25, 0.3) is 0 Å². The fraction of sp³-hybridized carbons (Fsp3) is 0.0714. The molecule has 0 radical (unpaired) electrons. The second-order valence-electron chi connectivity index (χ2n) is 4.02. The van der Waals surface area contributed by atoms with Gasteiger partial charge in [-0.2, -0.15) is 0 Å². The van der Waals surface area contributed by atoms with Crippen molar-refractivity contribution >= 4 is 6.16 Å². The van der Waals surface area contributed by atoms with Crippen LogP contribution < -0.4 is 9.47 Å². The lowest BCUT2D eigenvalue weighted by Crippen LogP contribution is -2.14. The fourth-order valence-electron chi connectivity index (χ4n) is 1.56. The first-order chi connectivity index (χ1) is 9.42. The summed E-state index contributed by atoms with van der Waals surface area (Å²) in [6.07, 6.45) is -1.22. The van der Waals surface area contributed by atoms with Gasteiger partial charge in [0, 0.05) is 24.3 Å². The maximum absolute atomic E-state index is 13.1. The lowest BCUT2D eigenvalue weighted by molar-refractivity contribution is 0.151. The summed E-state index contributed by atoms with van der Waals surface area (Å²) in [5.74, 6) is -2.78. The molecule has 0 spiro atoms. The number of aryl methyl sites for hydroxylation is 1. The van der Waals surface area contributed by atoms with Crippen LogP contribution in [-0.4, -0.2) is 6.16 Å². The Balaban J connectivity index is 2.08. The Labute approximate surface area is 112 Å². The molecule has 3 nitrogen and oxygen atoms in total. The van der Waals surface area contributed by atoms with E-state index in [1.807, 2.05) is 0 Å². The van der Waals surface area contributed by atoms with Gasteiger partial charge in [-0.3, -0.25) is 0 Å². The zero-order valence-corrected chi connectivity index (χ0v) is 10.3. The van der Waals surface area contributed by atoms with E-state index in [0.29, 0.717) is 11.6 Å². The number of carbonyl (C=O) groups excluding carboxylic acids is 1. The van der Waals surface area contributed by atoms with Gasteiger partial charge < -0.3 is 9.47 Å². The van der Waals surface area contributed by atoms with Crippen molar-refractivity contribution < 1.29 is 27.4 Å². The molecule has 0 aliphatic carbocycles. The van der Waals surface area contributed by atoms with Gasteiger partial charge in [0.2, 0.25) is 0 Å². The minimum absolute atomic E-state index is 0.0654. The number of carbonyl (C=O) groups is 1. The van der Waals surface area contributed by atoms with Crippen LogP contribution in [0, 0.1) is 24.4 Å². The zero-order valence-electron chi connectivity index (χ0n) is 10.3. The first kappa shape index (κ1) is 13.9. The van der Waals surface area contributed by atoms with Gasteiger partial charge >= 0.3 is 6.16 Å². The topological polar surface area (TPSA) is 35.5 Å². The highest BCUT2D eigenvalue weighted by Crippen LogP contribution is 2.19. The van der Waals surface area contributed by atoms with Crippen molar-refractivity contribution in [2.24, 2.45) is 0 Å². The van der Waals surface area contributed by atoms with Gasteiger partial charge in [-0.15, -0.1) is 0 Å². The molecule has 0 aliphatic rings. The number of benzene rings is 2. The van der Waals surface area contributed by atoms with Crippen LogP contribution in [0.15, 0.2) is 36.4 Å². The van der Waals surface area contributed by atoms with Crippen molar-refractivity contribution in [3.63, 3.8) is 0 Å². The number of rotatable bonds is 2. The third kappa shape index (κ3) is 3.74. The summed E-state index contributed by atoms with van der Waals surface area (Å²) in [5, 5.41) is 0. The van der Waals surface area contributed by atoms with E-state index in [-0.39, 0.29) is 11.5 Å². The minimum Gasteiger partial charge on any atom is -0.395 e. The fourth-order valence-corrected chi connectivity index (χ4v) is 1.56. The van der Waals surface area contributed by atoms with E-state index < -0.39 is 23.6 Å². The molecule has 0 bridgehead atoms. The van der Waals surface area contributed by atoms with Gasteiger partial charge in [-0.25, -0.2) is 18.0 Å². The third-order valence-corrected chi connectivity index (χ3v) is 2.25. The molecule has 0 aromatic heterocycles. The van der Waals surface area contributed by atoms with E-state index in [2.05, 4.69) is 4.74 Å². The van der Waals surface area contributed by atoms with Gasteiger partial charge in [-0.1, -0.05) is 0 Å². The van der Waals surface area contributed by atoms with Crippen LogP contribution >= 0.6 is 0 Å². The van der Waals surface area contributed by atoms with Crippen molar-refractivity contribution in [2.75, 3.05) is 0 Å². The van der Waals surface area contributed by atoms with Crippen molar-refractivity contribution in [3.05, 3.63) is 59.4 Å². The van der Waals surface area contributed by atoms with Crippen LogP contribution in [0.4, 0.5) is 18.0 Å². The monoisotopic (exact) mass is 282 g/mol. The van der Waals surface area contributed by atoms with Crippen molar-refractivity contribution in [2.45, 2.75) is 6.92 Å². The highest BCUT2D eigenvalue weighted by Gasteiger charge is 2.11. The van der Waals surface area contributed by atoms with Crippen LogP contribution in [0.5, 0.6) is 11.5 Å². The first-order valence-corrected chi connectivity index (χ1v) is 5.55. The minimum atomic E-state index is -1.22. The Morgan fingerprint density at radius 3 is 1.75 bits per heavy atom. The Morgan fingerprint density at radius 1 is 0.800 bits per heavy atom. The molecule has 2 rings (SSSR count). The van der Waals surface area contributed by atoms with Gasteiger partial charge in [0.1, 0.15) is 29.0 Å². The SMILES string of the molecule is Cc1cc(F)cc(OC(=O)Oc2cc(F)cc(F)c2)c1. The Morgan fingerprint density at radius 2 is 1.25 bits per heavy atom. The smallest absolute Gasteiger partial charge is 0.395 e. The second-order valence-corrected chi connectivity index (χ2v) is 4.02. The largest absolute Gasteiger partial charge is 0.519 e. The summed E-state index contributed by atoms with van der Waals surface area (Å²) < 4.78 is 48.2. The van der Waals surface area contributed by atoms with E-state index >= 15 is 0 Å². The quantitative estimate of drug-likeness (QED) is 0.617. The van der Waals surface area contributed by atoms with E-state index in [4.69, 9.17) is 4.74 Å². The van der Waals surface area contributed by atoms with Gasteiger partial charge in [0.15, 0.2) is 0 Å². The molecule has 0 heterocycles. The maximum atomic E-state index is 13.1.